The fourth-order valence-corrected chi connectivity index (χ4v) is 0.967. The second-order valence-electron chi connectivity index (χ2n) is 2.96. The van der Waals surface area contributed by atoms with Gasteiger partial charge in [-0.05, 0) is 0 Å². The number of carbonyl (C=O) groups excluding carboxylic acids is 1. The molecule has 84 valence electrons. The maximum absolute atomic E-state index is 11.5. The number of carbonyl (C=O) groups is 1. The third-order valence-electron chi connectivity index (χ3n) is 1.73. The number of nitrogens with zero attached hydrogens (tertiary/aromatic N) is 2. The van der Waals surface area contributed by atoms with Gasteiger partial charge in [-0.2, -0.15) is 0 Å². The van der Waals surface area contributed by atoms with Gasteiger partial charge in [-0.15, -0.1) is 13.2 Å². The zero-order valence-corrected chi connectivity index (χ0v) is 8.94. The van der Waals surface area contributed by atoms with Crippen LogP contribution >= 0.6 is 0 Å². The highest BCUT2D eigenvalue weighted by atomic mass is 16.1. The molecule has 1 amide bonds. The highest BCUT2D eigenvalue weighted by Gasteiger charge is 2.04. The van der Waals surface area contributed by atoms with E-state index in [1.807, 2.05) is 0 Å². The molecule has 5 nitrogen and oxygen atoms in total. The zero-order chi connectivity index (χ0) is 11.8. The summed E-state index contributed by atoms with van der Waals surface area (Å²) in [4.78, 5) is 19.4. The Bertz CT molecular complexity index is 372. The van der Waals surface area contributed by atoms with Crippen molar-refractivity contribution in [3.05, 3.63) is 43.3 Å². The van der Waals surface area contributed by atoms with Gasteiger partial charge >= 0.3 is 0 Å². The number of hydrogen-bond acceptors (Lipinski definition) is 4. The van der Waals surface area contributed by atoms with Crippen molar-refractivity contribution in [2.75, 3.05) is 18.4 Å². The fourth-order valence-electron chi connectivity index (χ4n) is 0.967. The van der Waals surface area contributed by atoms with Crippen molar-refractivity contribution in [3.8, 4) is 0 Å². The molecular weight excluding hydrogens is 204 g/mol. The molecule has 0 unspecified atom stereocenters. The average molecular weight is 218 g/mol. The molecule has 0 spiro atoms. The van der Waals surface area contributed by atoms with Crippen LogP contribution in [0.3, 0.4) is 0 Å². The van der Waals surface area contributed by atoms with Gasteiger partial charge in [-0.3, -0.25) is 4.79 Å². The molecule has 0 saturated heterocycles. The summed E-state index contributed by atoms with van der Waals surface area (Å²) in [6.45, 7) is 8.08. The summed E-state index contributed by atoms with van der Waals surface area (Å²) in [7, 11) is 0. The van der Waals surface area contributed by atoms with Crippen LogP contribution in [0.4, 0.5) is 5.95 Å². The summed E-state index contributed by atoms with van der Waals surface area (Å²) in [5, 5.41) is 5.55. The molecule has 1 aromatic rings. The smallest absolute Gasteiger partial charge is 0.254 e. The van der Waals surface area contributed by atoms with E-state index < -0.39 is 0 Å². The van der Waals surface area contributed by atoms with Gasteiger partial charge < -0.3 is 10.6 Å². The van der Waals surface area contributed by atoms with E-state index in [0.717, 1.165) is 0 Å². The Morgan fingerprint density at radius 3 is 2.44 bits per heavy atom. The van der Waals surface area contributed by atoms with Crippen molar-refractivity contribution in [1.82, 2.24) is 15.3 Å². The minimum absolute atomic E-state index is 0.213. The molecule has 0 aliphatic heterocycles. The van der Waals surface area contributed by atoms with E-state index in [4.69, 9.17) is 0 Å². The van der Waals surface area contributed by atoms with E-state index >= 15 is 0 Å². The van der Waals surface area contributed by atoms with Crippen molar-refractivity contribution < 1.29 is 4.79 Å². The van der Waals surface area contributed by atoms with E-state index in [0.29, 0.717) is 24.6 Å². The lowest BCUT2D eigenvalue weighted by Crippen LogP contribution is -2.23. The molecule has 16 heavy (non-hydrogen) atoms. The predicted octanol–water partition coefficient (Wildman–Crippen LogP) is 0.990. The molecule has 0 fully saturated rings. The quantitative estimate of drug-likeness (QED) is 0.699. The standard InChI is InChI=1S/C11H14N4O/c1-3-5-12-10(16)9-7-14-11(15-8-9)13-6-4-2/h3-4,7-8H,1-2,5-6H2,(H,12,16)(H,13,14,15). The zero-order valence-electron chi connectivity index (χ0n) is 8.94. The fraction of sp³-hybridized carbons (Fsp3) is 0.182. The van der Waals surface area contributed by atoms with Gasteiger partial charge in [0.05, 0.1) is 5.56 Å². The van der Waals surface area contributed by atoms with Gasteiger partial charge in [0.1, 0.15) is 0 Å². The Kier molecular flexibility index (Phi) is 4.72. The first kappa shape index (κ1) is 11.9. The van der Waals surface area contributed by atoms with Crippen molar-refractivity contribution in [3.63, 3.8) is 0 Å². The molecule has 1 aromatic heterocycles. The van der Waals surface area contributed by atoms with Crippen LogP contribution in [0.2, 0.25) is 0 Å². The Morgan fingerprint density at radius 1 is 1.25 bits per heavy atom. The van der Waals surface area contributed by atoms with E-state index in [1.54, 1.807) is 12.2 Å². The predicted molar refractivity (Wildman–Crippen MR) is 63.2 cm³/mol. The van der Waals surface area contributed by atoms with Gasteiger partial charge in [0.25, 0.3) is 5.91 Å². The summed E-state index contributed by atoms with van der Waals surface area (Å²) in [6, 6.07) is 0. The van der Waals surface area contributed by atoms with Crippen LogP contribution in [-0.2, 0) is 0 Å². The van der Waals surface area contributed by atoms with Crippen molar-refractivity contribution in [2.24, 2.45) is 0 Å². The molecule has 0 bridgehead atoms. The summed E-state index contributed by atoms with van der Waals surface area (Å²) >= 11 is 0. The van der Waals surface area contributed by atoms with Gasteiger partial charge in [0.15, 0.2) is 0 Å². The SMILES string of the molecule is C=CCNC(=O)c1cnc(NCC=C)nc1. The molecule has 2 N–H and O–H groups in total. The molecule has 0 saturated carbocycles. The second-order valence-corrected chi connectivity index (χ2v) is 2.96. The van der Waals surface area contributed by atoms with E-state index in [1.165, 1.54) is 12.4 Å². The van der Waals surface area contributed by atoms with Crippen LogP contribution in [0, 0.1) is 0 Å². The lowest BCUT2D eigenvalue weighted by molar-refractivity contribution is 0.0957. The first-order valence-corrected chi connectivity index (χ1v) is 4.84. The van der Waals surface area contributed by atoms with E-state index in [-0.39, 0.29) is 5.91 Å². The molecule has 1 rings (SSSR count). The maximum Gasteiger partial charge on any atom is 0.254 e. The molecule has 1 heterocycles. The monoisotopic (exact) mass is 218 g/mol. The number of anilines is 1. The van der Waals surface area contributed by atoms with E-state index in [9.17, 15) is 4.79 Å². The largest absolute Gasteiger partial charge is 0.351 e. The molecule has 5 heteroatoms. The number of rotatable bonds is 6. The Balaban J connectivity index is 2.59. The Hall–Kier alpha value is -2.17. The maximum atomic E-state index is 11.5. The second kappa shape index (κ2) is 6.34. The normalized spacial score (nSPS) is 9.25. The third kappa shape index (κ3) is 3.53. The lowest BCUT2D eigenvalue weighted by Gasteiger charge is -2.03. The van der Waals surface area contributed by atoms with Crippen LogP contribution in [-0.4, -0.2) is 29.0 Å². The molecular formula is C11H14N4O. The van der Waals surface area contributed by atoms with Crippen LogP contribution in [0.15, 0.2) is 37.7 Å². The summed E-state index contributed by atoms with van der Waals surface area (Å²) < 4.78 is 0. The van der Waals surface area contributed by atoms with Crippen LogP contribution in [0.25, 0.3) is 0 Å². The van der Waals surface area contributed by atoms with Crippen LogP contribution in [0.5, 0.6) is 0 Å². The Labute approximate surface area is 94.3 Å². The molecule has 0 radical (unpaired) electrons. The minimum Gasteiger partial charge on any atom is -0.351 e. The average Bonchev–Trinajstić information content (AvgIpc) is 2.34. The molecule has 0 aromatic carbocycles. The van der Waals surface area contributed by atoms with Crippen LogP contribution in [0.1, 0.15) is 10.4 Å². The number of aromatic nitrogens is 2. The highest BCUT2D eigenvalue weighted by molar-refractivity contribution is 5.93. The van der Waals surface area contributed by atoms with Crippen molar-refractivity contribution >= 4 is 11.9 Å². The van der Waals surface area contributed by atoms with Gasteiger partial charge in [-0.1, -0.05) is 12.2 Å². The number of nitrogens with one attached hydrogen (secondary N) is 2. The van der Waals surface area contributed by atoms with Gasteiger partial charge in [-0.25, -0.2) is 9.97 Å². The summed E-state index contributed by atoms with van der Waals surface area (Å²) in [5.74, 6) is 0.260. The summed E-state index contributed by atoms with van der Waals surface area (Å²) in [5.41, 5.74) is 0.422. The lowest BCUT2D eigenvalue weighted by atomic mass is 10.3. The van der Waals surface area contributed by atoms with Gasteiger partial charge in [0.2, 0.25) is 5.95 Å². The third-order valence-corrected chi connectivity index (χ3v) is 1.73. The first-order valence-electron chi connectivity index (χ1n) is 4.84. The van der Waals surface area contributed by atoms with Crippen molar-refractivity contribution in [2.45, 2.75) is 0 Å². The topological polar surface area (TPSA) is 66.9 Å². The van der Waals surface area contributed by atoms with Crippen molar-refractivity contribution in [1.29, 1.82) is 0 Å². The highest BCUT2D eigenvalue weighted by Crippen LogP contribution is 1.99. The minimum atomic E-state index is -0.213. The molecule has 0 aliphatic rings. The van der Waals surface area contributed by atoms with E-state index in [2.05, 4.69) is 33.8 Å². The summed E-state index contributed by atoms with van der Waals surface area (Å²) in [6.07, 6.45) is 6.25. The first-order chi connectivity index (χ1) is 7.77. The van der Waals surface area contributed by atoms with Gasteiger partial charge in [0, 0.05) is 25.5 Å². The van der Waals surface area contributed by atoms with Crippen LogP contribution < -0.4 is 10.6 Å². The Morgan fingerprint density at radius 2 is 1.88 bits per heavy atom. The molecule has 0 aliphatic carbocycles. The number of hydrogen-bond donors (Lipinski definition) is 2. The molecule has 0 atom stereocenters. The number of amides is 1.